The van der Waals surface area contributed by atoms with Gasteiger partial charge in [0.25, 0.3) is 5.91 Å². The largest absolute Gasteiger partial charge is 0.354 e. The van der Waals surface area contributed by atoms with Crippen molar-refractivity contribution >= 4 is 11.8 Å². The number of carbonyl (C=O) groups excluding carboxylic acids is 2. The number of nitrogens with one attached hydrogen (secondary N) is 2. The van der Waals surface area contributed by atoms with Gasteiger partial charge in [-0.3, -0.25) is 9.59 Å². The molecule has 1 aliphatic heterocycles. The molecule has 8 nitrogen and oxygen atoms in total. The zero-order valence-electron chi connectivity index (χ0n) is 18.5. The topological polar surface area (TPSA) is 102 Å². The number of tetrazole rings is 1. The summed E-state index contributed by atoms with van der Waals surface area (Å²) in [5, 5.41) is 17.2. The second-order valence-electron chi connectivity index (χ2n) is 8.28. The lowest BCUT2D eigenvalue weighted by atomic mass is 9.97. The lowest BCUT2D eigenvalue weighted by Gasteiger charge is -2.16. The monoisotopic (exact) mass is 452 g/mol. The highest BCUT2D eigenvalue weighted by Gasteiger charge is 2.23. The first-order chi connectivity index (χ1) is 16.7. The van der Waals surface area contributed by atoms with Crippen LogP contribution in [0.1, 0.15) is 29.6 Å². The number of rotatable bonds is 5. The van der Waals surface area contributed by atoms with Gasteiger partial charge in [-0.1, -0.05) is 48.5 Å². The molecule has 0 radical (unpaired) electrons. The molecule has 1 saturated heterocycles. The van der Waals surface area contributed by atoms with E-state index in [-0.39, 0.29) is 11.8 Å². The first-order valence-corrected chi connectivity index (χ1v) is 11.3. The standard InChI is InChI=1S/C26H24N6O2/c33-25(29-24-11-4-5-12-27-26(24)34)22-14-21(15-23(16-22)32-17-28-30-31-32)20-10-6-9-19(13-20)18-7-2-1-3-8-18/h1-3,6-10,13-17,24H,4-5,11-12H2,(H,27,34)(H,29,33)/t24-/m0/s1. The molecular formula is C26H24N6O2. The molecule has 5 rings (SSSR count). The summed E-state index contributed by atoms with van der Waals surface area (Å²) in [7, 11) is 0. The maximum absolute atomic E-state index is 13.2. The number of hydrogen-bond acceptors (Lipinski definition) is 5. The quantitative estimate of drug-likeness (QED) is 0.483. The summed E-state index contributed by atoms with van der Waals surface area (Å²) in [4.78, 5) is 25.6. The Bertz CT molecular complexity index is 1300. The van der Waals surface area contributed by atoms with E-state index in [9.17, 15) is 9.59 Å². The van der Waals surface area contributed by atoms with Crippen molar-refractivity contribution in [3.8, 4) is 27.9 Å². The predicted molar refractivity (Wildman–Crippen MR) is 128 cm³/mol. The number of nitrogens with zero attached hydrogens (tertiary/aromatic N) is 4. The third-order valence-corrected chi connectivity index (χ3v) is 5.94. The zero-order chi connectivity index (χ0) is 23.3. The third kappa shape index (κ3) is 4.71. The second kappa shape index (κ2) is 9.66. The normalized spacial score (nSPS) is 15.9. The molecule has 2 N–H and O–H groups in total. The van der Waals surface area contributed by atoms with Crippen LogP contribution in [0.4, 0.5) is 0 Å². The summed E-state index contributed by atoms with van der Waals surface area (Å²) in [5.74, 6) is -0.448. The molecule has 170 valence electrons. The lowest BCUT2D eigenvalue weighted by Crippen LogP contribution is -2.45. The zero-order valence-corrected chi connectivity index (χ0v) is 18.5. The summed E-state index contributed by atoms with van der Waals surface area (Å²) in [6.07, 6.45) is 3.90. The van der Waals surface area contributed by atoms with Gasteiger partial charge in [-0.05, 0) is 76.2 Å². The summed E-state index contributed by atoms with van der Waals surface area (Å²) in [6.45, 7) is 0.641. The van der Waals surface area contributed by atoms with Crippen molar-refractivity contribution in [3.05, 3.63) is 84.7 Å². The fraction of sp³-hybridized carbons (Fsp3) is 0.192. The Morgan fingerprint density at radius 3 is 2.50 bits per heavy atom. The van der Waals surface area contributed by atoms with Crippen molar-refractivity contribution < 1.29 is 9.59 Å². The smallest absolute Gasteiger partial charge is 0.252 e. The molecule has 4 aromatic rings. The van der Waals surface area contributed by atoms with Crippen LogP contribution < -0.4 is 10.6 Å². The molecule has 2 heterocycles. The fourth-order valence-electron chi connectivity index (χ4n) is 4.15. The van der Waals surface area contributed by atoms with Gasteiger partial charge in [0, 0.05) is 12.1 Å². The molecule has 1 aromatic heterocycles. The fourth-order valence-corrected chi connectivity index (χ4v) is 4.15. The van der Waals surface area contributed by atoms with Crippen LogP contribution in [0.2, 0.25) is 0 Å². The van der Waals surface area contributed by atoms with Gasteiger partial charge in [0.15, 0.2) is 0 Å². The Balaban J connectivity index is 1.52. The van der Waals surface area contributed by atoms with Crippen LogP contribution in [-0.4, -0.2) is 44.6 Å². The van der Waals surface area contributed by atoms with Gasteiger partial charge in [0.1, 0.15) is 12.4 Å². The van der Waals surface area contributed by atoms with Crippen LogP contribution >= 0.6 is 0 Å². The molecule has 34 heavy (non-hydrogen) atoms. The molecule has 0 bridgehead atoms. The van der Waals surface area contributed by atoms with Gasteiger partial charge >= 0.3 is 0 Å². The third-order valence-electron chi connectivity index (χ3n) is 5.94. The highest BCUT2D eigenvalue weighted by Crippen LogP contribution is 2.28. The van der Waals surface area contributed by atoms with Gasteiger partial charge in [-0.25, -0.2) is 4.68 Å². The van der Waals surface area contributed by atoms with Crippen LogP contribution in [0.3, 0.4) is 0 Å². The maximum atomic E-state index is 13.2. The summed E-state index contributed by atoms with van der Waals surface area (Å²) in [6, 6.07) is 23.2. The van der Waals surface area contributed by atoms with Crippen LogP contribution in [0.25, 0.3) is 27.9 Å². The SMILES string of the molecule is O=C(N[C@H]1CCCCNC1=O)c1cc(-c2cccc(-c3ccccc3)c2)cc(-n2cnnn2)c1. The minimum Gasteiger partial charge on any atom is -0.354 e. The van der Waals surface area contributed by atoms with Crippen molar-refractivity contribution in [2.24, 2.45) is 0 Å². The van der Waals surface area contributed by atoms with Crippen LogP contribution in [0, 0.1) is 0 Å². The van der Waals surface area contributed by atoms with Crippen molar-refractivity contribution in [1.29, 1.82) is 0 Å². The molecule has 0 aliphatic carbocycles. The predicted octanol–water partition coefficient (Wildman–Crippen LogP) is 3.39. The van der Waals surface area contributed by atoms with Crippen molar-refractivity contribution in [2.75, 3.05) is 6.54 Å². The van der Waals surface area contributed by atoms with Crippen LogP contribution in [-0.2, 0) is 4.79 Å². The number of hydrogen-bond donors (Lipinski definition) is 2. The summed E-state index contributed by atoms with van der Waals surface area (Å²) >= 11 is 0. The van der Waals surface area contributed by atoms with Crippen LogP contribution in [0.15, 0.2) is 79.1 Å². The Labute approximate surface area is 197 Å². The number of benzene rings is 3. The van der Waals surface area contributed by atoms with E-state index >= 15 is 0 Å². The Kier molecular flexibility index (Phi) is 6.11. The molecule has 1 atom stereocenters. The molecule has 3 aromatic carbocycles. The summed E-state index contributed by atoms with van der Waals surface area (Å²) in [5.41, 5.74) is 5.08. The Morgan fingerprint density at radius 2 is 1.71 bits per heavy atom. The van der Waals surface area contributed by atoms with Gasteiger partial charge in [-0.15, -0.1) is 5.10 Å². The summed E-state index contributed by atoms with van der Waals surface area (Å²) < 4.78 is 1.51. The van der Waals surface area contributed by atoms with E-state index in [0.29, 0.717) is 24.2 Å². The van der Waals surface area contributed by atoms with Crippen LogP contribution in [0.5, 0.6) is 0 Å². The maximum Gasteiger partial charge on any atom is 0.252 e. The average Bonchev–Trinajstić information content (AvgIpc) is 3.36. The Hall–Kier alpha value is -4.33. The van der Waals surface area contributed by atoms with Crippen molar-refractivity contribution in [3.63, 3.8) is 0 Å². The number of aromatic nitrogens is 4. The van der Waals surface area contributed by atoms with E-state index < -0.39 is 6.04 Å². The van der Waals surface area contributed by atoms with E-state index in [1.807, 2.05) is 42.5 Å². The Morgan fingerprint density at radius 1 is 0.912 bits per heavy atom. The molecule has 0 spiro atoms. The van der Waals surface area contributed by atoms with E-state index in [4.69, 9.17) is 0 Å². The molecule has 0 unspecified atom stereocenters. The minimum absolute atomic E-state index is 0.140. The molecule has 1 aliphatic rings. The average molecular weight is 453 g/mol. The number of carbonyl (C=O) groups is 2. The number of amides is 2. The first kappa shape index (κ1) is 21.5. The van der Waals surface area contributed by atoms with E-state index in [1.165, 1.54) is 11.0 Å². The first-order valence-electron chi connectivity index (χ1n) is 11.3. The highest BCUT2D eigenvalue weighted by atomic mass is 16.2. The molecule has 2 amide bonds. The molecule has 8 heteroatoms. The van der Waals surface area contributed by atoms with Gasteiger partial charge in [0.05, 0.1) is 5.69 Å². The highest BCUT2D eigenvalue weighted by molar-refractivity contribution is 5.99. The van der Waals surface area contributed by atoms with Gasteiger partial charge < -0.3 is 10.6 Å². The van der Waals surface area contributed by atoms with Gasteiger partial charge in [0.2, 0.25) is 5.91 Å². The van der Waals surface area contributed by atoms with E-state index in [1.54, 1.807) is 6.07 Å². The van der Waals surface area contributed by atoms with Crippen molar-refractivity contribution in [1.82, 2.24) is 30.8 Å². The van der Waals surface area contributed by atoms with Gasteiger partial charge in [-0.2, -0.15) is 0 Å². The molecular weight excluding hydrogens is 428 g/mol. The van der Waals surface area contributed by atoms with E-state index in [2.05, 4.69) is 50.4 Å². The second-order valence-corrected chi connectivity index (χ2v) is 8.28. The van der Waals surface area contributed by atoms with E-state index in [0.717, 1.165) is 35.1 Å². The molecule has 0 saturated carbocycles. The molecule has 1 fully saturated rings. The lowest BCUT2D eigenvalue weighted by molar-refractivity contribution is -0.122. The minimum atomic E-state index is -0.545. The van der Waals surface area contributed by atoms with Crippen molar-refractivity contribution in [2.45, 2.75) is 25.3 Å².